The molecule has 0 saturated heterocycles. The molecule has 2 N–H and O–H groups in total. The molecule has 3 nitrogen and oxygen atoms in total. The molecule has 0 saturated carbocycles. The van der Waals surface area contributed by atoms with Crippen molar-refractivity contribution in [1.29, 1.82) is 0 Å². The maximum Gasteiger partial charge on any atom is 0.214 e. The van der Waals surface area contributed by atoms with Gasteiger partial charge in [0.25, 0.3) is 0 Å². The number of hydrogen-bond acceptors (Lipinski definition) is 3. The summed E-state index contributed by atoms with van der Waals surface area (Å²) >= 11 is 4.95. The van der Waals surface area contributed by atoms with Crippen molar-refractivity contribution in [2.45, 2.75) is 33.6 Å². The average Bonchev–Trinajstić information content (AvgIpc) is 2.23. The van der Waals surface area contributed by atoms with Crippen LogP contribution in [0.5, 0.6) is 5.88 Å². The largest absolute Gasteiger partial charge is 0.478 e. The van der Waals surface area contributed by atoms with Gasteiger partial charge in [-0.25, -0.2) is 4.98 Å². The molecule has 0 aromatic carbocycles. The van der Waals surface area contributed by atoms with Crippen molar-refractivity contribution in [2.24, 2.45) is 11.7 Å². The van der Waals surface area contributed by atoms with Crippen LogP contribution in [0.3, 0.4) is 0 Å². The van der Waals surface area contributed by atoms with Crippen molar-refractivity contribution >= 4 is 17.2 Å². The molecule has 0 unspecified atom stereocenters. The molecule has 0 bridgehead atoms. The highest BCUT2D eigenvalue weighted by Gasteiger charge is 2.03. The van der Waals surface area contributed by atoms with Gasteiger partial charge in [0.2, 0.25) is 5.88 Å². The molecule has 0 aliphatic heterocycles. The van der Waals surface area contributed by atoms with Gasteiger partial charge in [-0.1, -0.05) is 26.1 Å². The molecule has 0 aliphatic carbocycles. The summed E-state index contributed by atoms with van der Waals surface area (Å²) in [5.74, 6) is 1.31. The zero-order chi connectivity index (χ0) is 12.8. The van der Waals surface area contributed by atoms with Gasteiger partial charge < -0.3 is 10.5 Å². The van der Waals surface area contributed by atoms with Gasteiger partial charge in [-0.3, -0.25) is 0 Å². The summed E-state index contributed by atoms with van der Waals surface area (Å²) in [6.45, 7) is 7.00. The molecule has 1 aromatic heterocycles. The second kappa shape index (κ2) is 6.55. The zero-order valence-electron chi connectivity index (χ0n) is 10.7. The number of aryl methyl sites for hydroxylation is 1. The number of hydrogen-bond donors (Lipinski definition) is 1. The van der Waals surface area contributed by atoms with E-state index < -0.39 is 0 Å². The van der Waals surface area contributed by atoms with Crippen LogP contribution in [0.4, 0.5) is 0 Å². The van der Waals surface area contributed by atoms with Crippen LogP contribution >= 0.6 is 12.2 Å². The third kappa shape index (κ3) is 5.13. The second-order valence-corrected chi connectivity index (χ2v) is 5.02. The Bertz CT molecular complexity index is 391. The second-order valence-electron chi connectivity index (χ2n) is 4.58. The van der Waals surface area contributed by atoms with Gasteiger partial charge in [-0.05, 0) is 31.7 Å². The topological polar surface area (TPSA) is 48.1 Å². The maximum absolute atomic E-state index is 5.60. The number of thiocarbonyl (C=S) groups is 1. The fraction of sp³-hybridized carbons (Fsp3) is 0.538. The Labute approximate surface area is 108 Å². The van der Waals surface area contributed by atoms with Crippen LogP contribution in [-0.2, 0) is 0 Å². The molecule has 0 aliphatic rings. The van der Waals surface area contributed by atoms with E-state index in [1.807, 2.05) is 13.0 Å². The normalized spacial score (nSPS) is 10.6. The highest BCUT2D eigenvalue weighted by Crippen LogP contribution is 2.13. The van der Waals surface area contributed by atoms with Crippen molar-refractivity contribution in [2.75, 3.05) is 6.61 Å². The van der Waals surface area contributed by atoms with E-state index in [1.165, 1.54) is 0 Å². The molecule has 1 aromatic rings. The van der Waals surface area contributed by atoms with Crippen LogP contribution in [0.25, 0.3) is 0 Å². The summed E-state index contributed by atoms with van der Waals surface area (Å²) in [6, 6.07) is 3.66. The van der Waals surface area contributed by atoms with Crippen molar-refractivity contribution < 1.29 is 4.74 Å². The minimum atomic E-state index is 0.377. The van der Waals surface area contributed by atoms with Crippen LogP contribution in [0.1, 0.15) is 37.9 Å². The number of pyridine rings is 1. The van der Waals surface area contributed by atoms with E-state index in [-0.39, 0.29) is 0 Å². The molecule has 17 heavy (non-hydrogen) atoms. The molecule has 1 rings (SSSR count). The Morgan fingerprint density at radius 1 is 1.47 bits per heavy atom. The van der Waals surface area contributed by atoms with E-state index in [0.29, 0.717) is 23.4 Å². The molecule has 1 heterocycles. The van der Waals surface area contributed by atoms with E-state index in [9.17, 15) is 0 Å². The SMILES string of the molecule is Cc1cc(C(N)=S)cc(OCCCC(C)C)n1. The minimum Gasteiger partial charge on any atom is -0.478 e. The number of nitrogens with zero attached hydrogens (tertiary/aromatic N) is 1. The summed E-state index contributed by atoms with van der Waals surface area (Å²) in [5, 5.41) is 0. The molecule has 0 spiro atoms. The van der Waals surface area contributed by atoms with Gasteiger partial charge in [0, 0.05) is 17.3 Å². The third-order valence-corrected chi connectivity index (χ3v) is 2.63. The number of ether oxygens (including phenoxy) is 1. The van der Waals surface area contributed by atoms with Gasteiger partial charge in [-0.15, -0.1) is 0 Å². The van der Waals surface area contributed by atoms with Gasteiger partial charge in [0.15, 0.2) is 0 Å². The molecule has 0 amide bonds. The lowest BCUT2D eigenvalue weighted by atomic mass is 10.1. The first-order valence-electron chi connectivity index (χ1n) is 5.90. The first kappa shape index (κ1) is 13.9. The Balaban J connectivity index is 2.56. The third-order valence-electron chi connectivity index (χ3n) is 2.39. The van der Waals surface area contributed by atoms with Crippen LogP contribution in [0.2, 0.25) is 0 Å². The van der Waals surface area contributed by atoms with Crippen LogP contribution in [0, 0.1) is 12.8 Å². The smallest absolute Gasteiger partial charge is 0.214 e. The molecule has 0 atom stereocenters. The van der Waals surface area contributed by atoms with Crippen LogP contribution in [0.15, 0.2) is 12.1 Å². The van der Waals surface area contributed by atoms with Gasteiger partial charge in [0.05, 0.1) is 6.61 Å². The molecular weight excluding hydrogens is 232 g/mol. The van der Waals surface area contributed by atoms with Crippen molar-refractivity contribution in [1.82, 2.24) is 4.98 Å². The molecule has 94 valence electrons. The molecule has 0 fully saturated rings. The van der Waals surface area contributed by atoms with E-state index in [0.717, 1.165) is 24.1 Å². The summed E-state index contributed by atoms with van der Waals surface area (Å²) < 4.78 is 5.60. The highest BCUT2D eigenvalue weighted by atomic mass is 32.1. The molecule has 0 radical (unpaired) electrons. The van der Waals surface area contributed by atoms with Crippen LogP contribution in [-0.4, -0.2) is 16.6 Å². The van der Waals surface area contributed by atoms with E-state index in [1.54, 1.807) is 6.07 Å². The Morgan fingerprint density at radius 2 is 2.18 bits per heavy atom. The minimum absolute atomic E-state index is 0.377. The Kier molecular flexibility index (Phi) is 5.35. The average molecular weight is 252 g/mol. The maximum atomic E-state index is 5.60. The Hall–Kier alpha value is -1.16. The first-order chi connectivity index (χ1) is 7.99. The van der Waals surface area contributed by atoms with E-state index >= 15 is 0 Å². The van der Waals surface area contributed by atoms with Gasteiger partial charge in [0.1, 0.15) is 4.99 Å². The summed E-state index contributed by atoms with van der Waals surface area (Å²) in [6.07, 6.45) is 2.20. The van der Waals surface area contributed by atoms with Crippen molar-refractivity contribution in [3.63, 3.8) is 0 Å². The predicted molar refractivity (Wildman–Crippen MR) is 74.4 cm³/mol. The Morgan fingerprint density at radius 3 is 2.76 bits per heavy atom. The van der Waals surface area contributed by atoms with Crippen LogP contribution < -0.4 is 10.5 Å². The summed E-state index contributed by atoms with van der Waals surface area (Å²) in [7, 11) is 0. The van der Waals surface area contributed by atoms with E-state index in [2.05, 4.69) is 18.8 Å². The fourth-order valence-corrected chi connectivity index (χ4v) is 1.64. The van der Waals surface area contributed by atoms with Crippen molar-refractivity contribution in [3.05, 3.63) is 23.4 Å². The molecular formula is C13H20N2OS. The monoisotopic (exact) mass is 252 g/mol. The lowest BCUT2D eigenvalue weighted by molar-refractivity contribution is 0.286. The number of aromatic nitrogens is 1. The lowest BCUT2D eigenvalue weighted by Gasteiger charge is -2.09. The lowest BCUT2D eigenvalue weighted by Crippen LogP contribution is -2.11. The quantitative estimate of drug-likeness (QED) is 0.625. The summed E-state index contributed by atoms with van der Waals surface area (Å²) in [4.78, 5) is 4.67. The fourth-order valence-electron chi connectivity index (χ4n) is 1.52. The predicted octanol–water partition coefficient (Wildman–Crippen LogP) is 2.84. The highest BCUT2D eigenvalue weighted by molar-refractivity contribution is 7.80. The summed E-state index contributed by atoms with van der Waals surface area (Å²) in [5.41, 5.74) is 7.28. The van der Waals surface area contributed by atoms with Gasteiger partial charge >= 0.3 is 0 Å². The standard InChI is InChI=1S/C13H20N2OS/c1-9(2)5-4-6-16-12-8-11(13(14)17)7-10(3)15-12/h7-9H,4-6H2,1-3H3,(H2,14,17). The van der Waals surface area contributed by atoms with Crippen molar-refractivity contribution in [3.8, 4) is 5.88 Å². The van der Waals surface area contributed by atoms with Gasteiger partial charge in [-0.2, -0.15) is 0 Å². The van der Waals surface area contributed by atoms with E-state index in [4.69, 9.17) is 22.7 Å². The molecule has 4 heteroatoms. The zero-order valence-corrected chi connectivity index (χ0v) is 11.5. The number of nitrogens with two attached hydrogens (primary N) is 1. The first-order valence-corrected chi connectivity index (χ1v) is 6.31. The number of rotatable bonds is 6.